The van der Waals surface area contributed by atoms with Crippen LogP contribution in [0.2, 0.25) is 0 Å². The lowest BCUT2D eigenvalue weighted by Crippen LogP contribution is -2.39. The van der Waals surface area contributed by atoms with Gasteiger partial charge in [0.05, 0.1) is 18.1 Å². The van der Waals surface area contributed by atoms with E-state index in [0.717, 1.165) is 63.6 Å². The minimum absolute atomic E-state index is 0. The molecule has 0 saturated carbocycles. The summed E-state index contributed by atoms with van der Waals surface area (Å²) < 4.78 is 33.0. The van der Waals surface area contributed by atoms with E-state index >= 15 is 0 Å². The zero-order chi connectivity index (χ0) is 27.7. The molecule has 0 spiro atoms. The van der Waals surface area contributed by atoms with Gasteiger partial charge in [-0.25, -0.2) is 9.37 Å². The van der Waals surface area contributed by atoms with E-state index < -0.39 is 0 Å². The predicted octanol–water partition coefficient (Wildman–Crippen LogP) is 6.41. The Kier molecular flexibility index (Phi) is 6.48. The fourth-order valence-corrected chi connectivity index (χ4v) is 6.68. The highest BCUT2D eigenvalue weighted by Gasteiger charge is 2.37. The monoisotopic (exact) mass is 585 g/mol. The van der Waals surface area contributed by atoms with Crippen LogP contribution >= 0.6 is 12.4 Å². The maximum absolute atomic E-state index is 13.7. The summed E-state index contributed by atoms with van der Waals surface area (Å²) in [5, 5.41) is 11.3. The highest BCUT2D eigenvalue weighted by atomic mass is 35.5. The van der Waals surface area contributed by atoms with Crippen LogP contribution in [0.5, 0.6) is 23.0 Å². The average Bonchev–Trinajstić information content (AvgIpc) is 3.61. The molecule has 42 heavy (non-hydrogen) atoms. The van der Waals surface area contributed by atoms with Gasteiger partial charge in [0.25, 0.3) is 0 Å². The topological polar surface area (TPSA) is 69.0 Å². The lowest BCUT2D eigenvalue weighted by Gasteiger charge is -2.42. The van der Waals surface area contributed by atoms with Gasteiger partial charge < -0.3 is 23.9 Å². The van der Waals surface area contributed by atoms with Gasteiger partial charge >= 0.3 is 0 Å². The minimum Gasteiger partial charge on any atom is -0.504 e. The molecule has 0 aliphatic carbocycles. The first-order valence-electron chi connectivity index (χ1n) is 13.9. The molecular formula is C33H29ClFN3O4. The molecule has 1 atom stereocenters. The lowest BCUT2D eigenvalue weighted by molar-refractivity contribution is 0.158. The second kappa shape index (κ2) is 10.2. The summed E-state index contributed by atoms with van der Waals surface area (Å²) in [6, 6.07) is 20.9. The van der Waals surface area contributed by atoms with E-state index in [1.165, 1.54) is 23.3 Å². The molecule has 7 nitrogen and oxygen atoms in total. The summed E-state index contributed by atoms with van der Waals surface area (Å²) in [6.45, 7) is 2.25. The van der Waals surface area contributed by atoms with Crippen molar-refractivity contribution in [2.45, 2.75) is 32.0 Å². The second-order valence-electron chi connectivity index (χ2n) is 10.9. The zero-order valence-corrected chi connectivity index (χ0v) is 23.8. The molecule has 214 valence electrons. The summed E-state index contributed by atoms with van der Waals surface area (Å²) in [7, 11) is 1.58. The number of benzene rings is 4. The van der Waals surface area contributed by atoms with Crippen LogP contribution < -0.4 is 14.2 Å². The van der Waals surface area contributed by atoms with E-state index in [0.29, 0.717) is 25.3 Å². The first-order chi connectivity index (χ1) is 20.1. The van der Waals surface area contributed by atoms with E-state index in [1.807, 2.05) is 36.4 Å². The number of halogens is 2. The second-order valence-corrected chi connectivity index (χ2v) is 10.9. The van der Waals surface area contributed by atoms with Crippen LogP contribution in [-0.2, 0) is 25.9 Å². The number of ether oxygens (including phenoxy) is 3. The van der Waals surface area contributed by atoms with Gasteiger partial charge in [-0.15, -0.1) is 12.4 Å². The normalized spacial score (nSPS) is 16.9. The van der Waals surface area contributed by atoms with Crippen LogP contribution in [0.25, 0.3) is 22.4 Å². The maximum Gasteiger partial charge on any atom is 0.231 e. The van der Waals surface area contributed by atoms with Crippen LogP contribution in [0, 0.1) is 5.82 Å². The molecule has 1 N–H and O–H groups in total. The SMILES string of the molecule is COc1cc(-c2nc3ccccc3n2Cc2ccc(F)cc2)c2c(c1O)CN1CCc3cc4c(cc3C1C2)OCO4.Cl. The van der Waals surface area contributed by atoms with Crippen molar-refractivity contribution in [3.8, 4) is 34.4 Å². The Hall–Kier alpha value is -4.27. The van der Waals surface area contributed by atoms with Crippen molar-refractivity contribution in [1.29, 1.82) is 0 Å². The summed E-state index contributed by atoms with van der Waals surface area (Å²) in [5.41, 5.74) is 8.22. The molecule has 3 aliphatic rings. The molecule has 3 aliphatic heterocycles. The van der Waals surface area contributed by atoms with Crippen LogP contribution in [-0.4, -0.2) is 40.0 Å². The Bertz CT molecular complexity index is 1840. The predicted molar refractivity (Wildman–Crippen MR) is 159 cm³/mol. The van der Waals surface area contributed by atoms with Gasteiger partial charge in [-0.1, -0.05) is 24.3 Å². The van der Waals surface area contributed by atoms with Crippen LogP contribution in [0.4, 0.5) is 4.39 Å². The summed E-state index contributed by atoms with van der Waals surface area (Å²) in [6.07, 6.45) is 1.61. The van der Waals surface area contributed by atoms with Crippen molar-refractivity contribution >= 4 is 23.4 Å². The van der Waals surface area contributed by atoms with Gasteiger partial charge in [0.2, 0.25) is 6.79 Å². The number of hydrogen-bond acceptors (Lipinski definition) is 6. The number of hydrogen-bond donors (Lipinski definition) is 1. The van der Waals surface area contributed by atoms with E-state index in [-0.39, 0.29) is 36.8 Å². The number of aromatic hydroxyl groups is 1. The number of imidazole rings is 1. The molecule has 5 aromatic rings. The molecule has 0 saturated heterocycles. The maximum atomic E-state index is 13.7. The third-order valence-electron chi connectivity index (χ3n) is 8.71. The number of fused-ring (bicyclic) bond motifs is 6. The first kappa shape index (κ1) is 26.6. The summed E-state index contributed by atoms with van der Waals surface area (Å²) in [4.78, 5) is 7.53. The first-order valence-corrected chi connectivity index (χ1v) is 13.9. The van der Waals surface area contributed by atoms with Crippen molar-refractivity contribution in [3.05, 3.63) is 100 Å². The standard InChI is InChI=1S/C33H28FN3O4.ClH/c1-39-31-15-24(33-35-26-4-2-3-5-27(26)37(33)16-19-6-8-21(34)9-7-19)23-13-28-22-14-30-29(40-18-41-30)12-20(22)10-11-36(28)17-25(23)32(31)38;/h2-9,12,14-15,28,38H,10-11,13,16-18H2,1H3;1H. The molecule has 1 aromatic heterocycles. The van der Waals surface area contributed by atoms with E-state index in [4.69, 9.17) is 19.2 Å². The van der Waals surface area contributed by atoms with Crippen LogP contribution in [0.3, 0.4) is 0 Å². The number of aromatic nitrogens is 2. The molecule has 0 radical (unpaired) electrons. The molecule has 4 aromatic carbocycles. The molecule has 8 rings (SSSR count). The Morgan fingerprint density at radius 2 is 1.81 bits per heavy atom. The number of phenolic OH excluding ortho intramolecular Hbond substituents is 1. The van der Waals surface area contributed by atoms with Crippen molar-refractivity contribution in [3.63, 3.8) is 0 Å². The number of para-hydroxylation sites is 2. The number of nitrogens with zero attached hydrogens (tertiary/aromatic N) is 3. The largest absolute Gasteiger partial charge is 0.504 e. The fourth-order valence-electron chi connectivity index (χ4n) is 6.68. The molecule has 4 heterocycles. The lowest BCUT2D eigenvalue weighted by atomic mass is 9.81. The molecule has 1 unspecified atom stereocenters. The molecule has 0 fully saturated rings. The minimum atomic E-state index is -0.262. The fraction of sp³-hybridized carbons (Fsp3) is 0.242. The molecular weight excluding hydrogens is 557 g/mol. The number of methoxy groups -OCH3 is 1. The molecule has 9 heteroatoms. The third kappa shape index (κ3) is 4.16. The average molecular weight is 586 g/mol. The van der Waals surface area contributed by atoms with Crippen LogP contribution in [0.1, 0.15) is 33.9 Å². The molecule has 0 amide bonds. The van der Waals surface area contributed by atoms with Crippen molar-refractivity contribution in [2.75, 3.05) is 20.4 Å². The van der Waals surface area contributed by atoms with Gasteiger partial charge in [0, 0.05) is 36.8 Å². The van der Waals surface area contributed by atoms with Crippen molar-refractivity contribution < 1.29 is 23.7 Å². The Morgan fingerprint density at radius 3 is 2.62 bits per heavy atom. The van der Waals surface area contributed by atoms with Gasteiger partial charge in [0.15, 0.2) is 23.0 Å². The van der Waals surface area contributed by atoms with Crippen molar-refractivity contribution in [1.82, 2.24) is 14.5 Å². The Labute approximate surface area is 248 Å². The van der Waals surface area contributed by atoms with E-state index in [2.05, 4.69) is 27.7 Å². The highest BCUT2D eigenvalue weighted by molar-refractivity contribution is 5.85. The Balaban J connectivity index is 0.00000288. The Morgan fingerprint density at radius 1 is 1.02 bits per heavy atom. The number of phenols is 1. The van der Waals surface area contributed by atoms with Crippen LogP contribution in [0.15, 0.2) is 66.7 Å². The highest BCUT2D eigenvalue weighted by Crippen LogP contribution is 2.49. The smallest absolute Gasteiger partial charge is 0.231 e. The van der Waals surface area contributed by atoms with E-state index in [9.17, 15) is 9.50 Å². The van der Waals surface area contributed by atoms with Gasteiger partial charge in [0.1, 0.15) is 11.6 Å². The zero-order valence-electron chi connectivity index (χ0n) is 23.0. The quantitative estimate of drug-likeness (QED) is 0.263. The van der Waals surface area contributed by atoms with Gasteiger partial charge in [-0.05, 0) is 77.6 Å². The van der Waals surface area contributed by atoms with Crippen molar-refractivity contribution in [2.24, 2.45) is 0 Å². The van der Waals surface area contributed by atoms with E-state index in [1.54, 1.807) is 7.11 Å². The molecule has 0 bridgehead atoms. The third-order valence-corrected chi connectivity index (χ3v) is 8.71. The number of rotatable bonds is 4. The van der Waals surface area contributed by atoms with Gasteiger partial charge in [-0.2, -0.15) is 0 Å². The summed E-state index contributed by atoms with van der Waals surface area (Å²) >= 11 is 0. The summed E-state index contributed by atoms with van der Waals surface area (Å²) in [5.74, 6) is 2.74. The van der Waals surface area contributed by atoms with Gasteiger partial charge in [-0.3, -0.25) is 4.90 Å².